The van der Waals surface area contributed by atoms with Crippen molar-refractivity contribution >= 4 is 5.91 Å². The standard InChI is InChI=1S/C12H16FNO3/c1-8(15)12(16)14-6-5-9-3-4-11(17-2)10(13)7-9/h3-4,7-8,15H,5-6H2,1-2H3,(H,14,16). The molecule has 1 aromatic carbocycles. The van der Waals surface area contributed by atoms with Gasteiger partial charge in [-0.25, -0.2) is 4.39 Å². The Balaban J connectivity index is 2.47. The van der Waals surface area contributed by atoms with Gasteiger partial charge in [-0.3, -0.25) is 4.79 Å². The van der Waals surface area contributed by atoms with Gasteiger partial charge in [0.05, 0.1) is 7.11 Å². The van der Waals surface area contributed by atoms with Crippen LogP contribution in [0, 0.1) is 5.82 Å². The summed E-state index contributed by atoms with van der Waals surface area (Å²) in [6.45, 7) is 1.75. The molecule has 0 aliphatic heterocycles. The molecule has 0 fully saturated rings. The molecule has 4 nitrogen and oxygen atoms in total. The first-order valence-corrected chi connectivity index (χ1v) is 5.32. The minimum absolute atomic E-state index is 0.196. The van der Waals surface area contributed by atoms with E-state index in [1.54, 1.807) is 12.1 Å². The van der Waals surface area contributed by atoms with Gasteiger partial charge in [-0.2, -0.15) is 0 Å². The third-order valence-corrected chi connectivity index (χ3v) is 2.31. The van der Waals surface area contributed by atoms with Crippen LogP contribution < -0.4 is 10.1 Å². The highest BCUT2D eigenvalue weighted by Crippen LogP contribution is 2.17. The molecule has 1 amide bonds. The number of benzene rings is 1. The van der Waals surface area contributed by atoms with Crippen molar-refractivity contribution in [2.75, 3.05) is 13.7 Å². The summed E-state index contributed by atoms with van der Waals surface area (Å²) in [5.74, 6) is -0.660. The molecular formula is C12H16FNO3. The highest BCUT2D eigenvalue weighted by molar-refractivity contribution is 5.79. The van der Waals surface area contributed by atoms with Crippen LogP contribution in [0.5, 0.6) is 5.75 Å². The maximum absolute atomic E-state index is 13.3. The van der Waals surface area contributed by atoms with Gasteiger partial charge in [0.15, 0.2) is 11.6 Å². The molecule has 0 aliphatic carbocycles. The van der Waals surface area contributed by atoms with Gasteiger partial charge in [-0.05, 0) is 31.0 Å². The lowest BCUT2D eigenvalue weighted by Crippen LogP contribution is -2.33. The molecule has 2 N–H and O–H groups in total. The predicted molar refractivity (Wildman–Crippen MR) is 61.3 cm³/mol. The molecule has 0 saturated carbocycles. The summed E-state index contributed by atoms with van der Waals surface area (Å²) in [4.78, 5) is 11.0. The quantitative estimate of drug-likeness (QED) is 0.804. The third kappa shape index (κ3) is 4.03. The number of halogens is 1. The zero-order valence-corrected chi connectivity index (χ0v) is 9.87. The maximum atomic E-state index is 13.3. The van der Waals surface area contributed by atoms with Gasteiger partial charge in [0, 0.05) is 6.54 Å². The van der Waals surface area contributed by atoms with E-state index in [2.05, 4.69) is 5.32 Å². The Kier molecular flexibility index (Phi) is 4.90. The molecule has 0 saturated heterocycles. The highest BCUT2D eigenvalue weighted by Gasteiger charge is 2.08. The van der Waals surface area contributed by atoms with Crippen LogP contribution in [-0.2, 0) is 11.2 Å². The molecule has 0 aliphatic rings. The Labute approximate surface area is 99.4 Å². The van der Waals surface area contributed by atoms with Crippen molar-refractivity contribution in [2.24, 2.45) is 0 Å². The van der Waals surface area contributed by atoms with Gasteiger partial charge in [-0.15, -0.1) is 0 Å². The fourth-order valence-electron chi connectivity index (χ4n) is 1.34. The number of aliphatic hydroxyl groups is 1. The number of nitrogens with one attached hydrogen (secondary N) is 1. The lowest BCUT2D eigenvalue weighted by Gasteiger charge is -2.08. The van der Waals surface area contributed by atoms with Crippen LogP contribution in [0.25, 0.3) is 0 Å². The SMILES string of the molecule is COc1ccc(CCNC(=O)C(C)O)cc1F. The summed E-state index contributed by atoms with van der Waals surface area (Å²) in [5, 5.41) is 11.5. The Bertz CT molecular complexity index is 393. The second kappa shape index (κ2) is 6.20. The number of rotatable bonds is 5. The number of amides is 1. The molecular weight excluding hydrogens is 225 g/mol. The van der Waals surface area contributed by atoms with Crippen LogP contribution in [0.15, 0.2) is 18.2 Å². The Morgan fingerprint density at radius 2 is 2.29 bits per heavy atom. The van der Waals surface area contributed by atoms with E-state index in [1.807, 2.05) is 0 Å². The number of methoxy groups -OCH3 is 1. The molecule has 1 aromatic rings. The van der Waals surface area contributed by atoms with Crippen molar-refractivity contribution in [3.63, 3.8) is 0 Å². The molecule has 5 heteroatoms. The Morgan fingerprint density at radius 3 is 2.82 bits per heavy atom. The van der Waals surface area contributed by atoms with E-state index in [4.69, 9.17) is 9.84 Å². The van der Waals surface area contributed by atoms with E-state index >= 15 is 0 Å². The summed E-state index contributed by atoms with van der Waals surface area (Å²) in [5.41, 5.74) is 0.759. The molecule has 0 spiro atoms. The van der Waals surface area contributed by atoms with Gasteiger partial charge in [0.2, 0.25) is 5.91 Å². The normalized spacial score (nSPS) is 12.0. The van der Waals surface area contributed by atoms with Crippen molar-refractivity contribution in [1.29, 1.82) is 0 Å². The van der Waals surface area contributed by atoms with Crippen molar-refractivity contribution in [3.05, 3.63) is 29.6 Å². The van der Waals surface area contributed by atoms with Crippen LogP contribution in [0.1, 0.15) is 12.5 Å². The van der Waals surface area contributed by atoms with E-state index in [0.717, 1.165) is 5.56 Å². The second-order valence-electron chi connectivity index (χ2n) is 3.69. The van der Waals surface area contributed by atoms with E-state index in [1.165, 1.54) is 20.1 Å². The molecule has 94 valence electrons. The van der Waals surface area contributed by atoms with Crippen molar-refractivity contribution in [1.82, 2.24) is 5.32 Å². The third-order valence-electron chi connectivity index (χ3n) is 2.31. The number of carbonyl (C=O) groups is 1. The van der Waals surface area contributed by atoms with Gasteiger partial charge in [-0.1, -0.05) is 6.07 Å². The average Bonchev–Trinajstić information content (AvgIpc) is 2.29. The number of aliphatic hydroxyl groups excluding tert-OH is 1. The summed E-state index contributed by atoms with van der Waals surface area (Å²) < 4.78 is 18.1. The molecule has 0 heterocycles. The smallest absolute Gasteiger partial charge is 0.248 e. The van der Waals surface area contributed by atoms with Crippen molar-refractivity contribution < 1.29 is 19.0 Å². The fourth-order valence-corrected chi connectivity index (χ4v) is 1.34. The lowest BCUT2D eigenvalue weighted by molar-refractivity contribution is -0.128. The van der Waals surface area contributed by atoms with E-state index < -0.39 is 17.8 Å². The molecule has 0 bridgehead atoms. The van der Waals surface area contributed by atoms with Crippen molar-refractivity contribution in [3.8, 4) is 5.75 Å². The predicted octanol–water partition coefficient (Wildman–Crippen LogP) is 0.874. The number of carbonyl (C=O) groups excluding carboxylic acids is 1. The number of ether oxygens (including phenoxy) is 1. The van der Waals surface area contributed by atoms with Crippen LogP contribution >= 0.6 is 0 Å². The van der Waals surface area contributed by atoms with Gasteiger partial charge < -0.3 is 15.2 Å². The molecule has 1 unspecified atom stereocenters. The summed E-state index contributed by atoms with van der Waals surface area (Å²) in [7, 11) is 1.40. The Morgan fingerprint density at radius 1 is 1.59 bits per heavy atom. The largest absolute Gasteiger partial charge is 0.494 e. The molecule has 0 aromatic heterocycles. The van der Waals surface area contributed by atoms with Gasteiger partial charge in [0.25, 0.3) is 0 Å². The zero-order valence-electron chi connectivity index (χ0n) is 9.87. The van der Waals surface area contributed by atoms with Crippen LogP contribution in [-0.4, -0.2) is 30.8 Å². The molecule has 17 heavy (non-hydrogen) atoms. The number of hydrogen-bond acceptors (Lipinski definition) is 3. The van der Waals surface area contributed by atoms with Crippen molar-refractivity contribution in [2.45, 2.75) is 19.4 Å². The number of hydrogen-bond donors (Lipinski definition) is 2. The summed E-state index contributed by atoms with van der Waals surface area (Å²) >= 11 is 0. The lowest BCUT2D eigenvalue weighted by atomic mass is 10.1. The van der Waals surface area contributed by atoms with Crippen LogP contribution in [0.4, 0.5) is 4.39 Å². The second-order valence-corrected chi connectivity index (χ2v) is 3.69. The summed E-state index contributed by atoms with van der Waals surface area (Å²) in [6, 6.07) is 4.64. The van der Waals surface area contributed by atoms with E-state index in [0.29, 0.717) is 13.0 Å². The molecule has 1 rings (SSSR count). The van der Waals surface area contributed by atoms with Gasteiger partial charge >= 0.3 is 0 Å². The first-order chi connectivity index (χ1) is 8.04. The van der Waals surface area contributed by atoms with Gasteiger partial charge in [0.1, 0.15) is 6.10 Å². The Hall–Kier alpha value is -1.62. The maximum Gasteiger partial charge on any atom is 0.248 e. The average molecular weight is 241 g/mol. The van der Waals surface area contributed by atoms with Crippen LogP contribution in [0.3, 0.4) is 0 Å². The topological polar surface area (TPSA) is 58.6 Å². The zero-order chi connectivity index (χ0) is 12.8. The monoisotopic (exact) mass is 241 g/mol. The van der Waals surface area contributed by atoms with E-state index in [-0.39, 0.29) is 5.75 Å². The minimum atomic E-state index is -1.03. The fraction of sp³-hybridized carbons (Fsp3) is 0.417. The van der Waals surface area contributed by atoms with Crippen LogP contribution in [0.2, 0.25) is 0 Å². The molecule has 0 radical (unpaired) electrons. The first kappa shape index (κ1) is 13.4. The highest BCUT2D eigenvalue weighted by atomic mass is 19.1. The minimum Gasteiger partial charge on any atom is -0.494 e. The molecule has 1 atom stereocenters. The summed E-state index contributed by atoms with van der Waals surface area (Å²) in [6.07, 6.45) is -0.526. The first-order valence-electron chi connectivity index (χ1n) is 5.32. The van der Waals surface area contributed by atoms with E-state index in [9.17, 15) is 9.18 Å².